The Morgan fingerprint density at radius 3 is 2.53 bits per heavy atom. The van der Waals surface area contributed by atoms with Crippen LogP contribution in [0.15, 0.2) is 66.8 Å². The highest BCUT2D eigenvalue weighted by Crippen LogP contribution is 2.40. The minimum absolute atomic E-state index is 0.0136. The highest BCUT2D eigenvalue weighted by molar-refractivity contribution is 6.46. The van der Waals surface area contributed by atoms with E-state index in [0.29, 0.717) is 30.9 Å². The van der Waals surface area contributed by atoms with Gasteiger partial charge in [0.15, 0.2) is 0 Å². The molecule has 1 N–H and O–H groups in total. The summed E-state index contributed by atoms with van der Waals surface area (Å²) >= 11 is 0. The number of Topliss-reactive ketones (excluding diaryl/α,β-unsaturated/α-hetero) is 1. The van der Waals surface area contributed by atoms with Gasteiger partial charge in [-0.2, -0.15) is 0 Å². The van der Waals surface area contributed by atoms with Crippen molar-refractivity contribution in [3.63, 3.8) is 0 Å². The molecule has 1 atom stereocenters. The van der Waals surface area contributed by atoms with Crippen LogP contribution in [-0.4, -0.2) is 59.4 Å². The SMILES string of the molecule is C=CCOc1cccc([C@H]2C(=C(O)c3ccc(F)cc3)C(=O)C(=O)N2CCCN(CC)CC)c1. The maximum Gasteiger partial charge on any atom is 0.295 e. The van der Waals surface area contributed by atoms with E-state index in [1.807, 2.05) is 0 Å². The first-order valence-corrected chi connectivity index (χ1v) is 11.5. The van der Waals surface area contributed by atoms with E-state index in [1.54, 1.807) is 30.3 Å². The lowest BCUT2D eigenvalue weighted by atomic mass is 9.95. The molecule has 1 aliphatic heterocycles. The second kappa shape index (κ2) is 11.6. The summed E-state index contributed by atoms with van der Waals surface area (Å²) in [6.07, 6.45) is 2.30. The van der Waals surface area contributed by atoms with Gasteiger partial charge in [0.05, 0.1) is 11.6 Å². The summed E-state index contributed by atoms with van der Waals surface area (Å²) in [4.78, 5) is 29.9. The number of hydrogen-bond donors (Lipinski definition) is 1. The zero-order valence-corrected chi connectivity index (χ0v) is 19.7. The van der Waals surface area contributed by atoms with E-state index in [4.69, 9.17) is 4.74 Å². The van der Waals surface area contributed by atoms with Crippen molar-refractivity contribution in [2.24, 2.45) is 0 Å². The van der Waals surface area contributed by atoms with Crippen LogP contribution in [0.3, 0.4) is 0 Å². The van der Waals surface area contributed by atoms with Crippen LogP contribution in [0, 0.1) is 5.82 Å². The van der Waals surface area contributed by atoms with Crippen molar-refractivity contribution in [1.82, 2.24) is 9.80 Å². The number of ether oxygens (including phenoxy) is 1. The summed E-state index contributed by atoms with van der Waals surface area (Å²) < 4.78 is 19.1. The first kappa shape index (κ1) is 25.2. The molecule has 1 saturated heterocycles. The molecule has 0 bridgehead atoms. The number of amides is 1. The van der Waals surface area contributed by atoms with Crippen LogP contribution in [0.5, 0.6) is 5.75 Å². The largest absolute Gasteiger partial charge is 0.507 e. The van der Waals surface area contributed by atoms with Crippen molar-refractivity contribution in [2.45, 2.75) is 26.3 Å². The average Bonchev–Trinajstić information content (AvgIpc) is 3.10. The minimum Gasteiger partial charge on any atom is -0.507 e. The first-order chi connectivity index (χ1) is 16.4. The predicted molar refractivity (Wildman–Crippen MR) is 130 cm³/mol. The van der Waals surface area contributed by atoms with Gasteiger partial charge in [-0.05, 0) is 68.0 Å². The molecule has 2 aromatic carbocycles. The van der Waals surface area contributed by atoms with Crippen molar-refractivity contribution >= 4 is 17.4 Å². The summed E-state index contributed by atoms with van der Waals surface area (Å²) in [5.74, 6) is -1.64. The molecule has 0 unspecified atom stereocenters. The Hall–Kier alpha value is -3.45. The fourth-order valence-electron chi connectivity index (χ4n) is 4.15. The van der Waals surface area contributed by atoms with Gasteiger partial charge in [-0.25, -0.2) is 4.39 Å². The van der Waals surface area contributed by atoms with Crippen molar-refractivity contribution in [1.29, 1.82) is 0 Å². The molecule has 0 radical (unpaired) electrons. The quantitative estimate of drug-likeness (QED) is 0.228. The van der Waals surface area contributed by atoms with Crippen molar-refractivity contribution in [3.8, 4) is 5.75 Å². The van der Waals surface area contributed by atoms with Gasteiger partial charge in [0, 0.05) is 12.1 Å². The molecule has 0 saturated carbocycles. The number of aliphatic hydroxyl groups excluding tert-OH is 1. The number of ketones is 1. The zero-order valence-electron chi connectivity index (χ0n) is 19.7. The third-order valence-corrected chi connectivity index (χ3v) is 5.97. The van der Waals surface area contributed by atoms with Gasteiger partial charge in [0.25, 0.3) is 11.7 Å². The Balaban J connectivity index is 2.04. The molecule has 2 aromatic rings. The molecule has 6 nitrogen and oxygen atoms in total. The molecular formula is C27H31FN2O4. The molecule has 0 aromatic heterocycles. The number of nitrogens with zero attached hydrogens (tertiary/aromatic N) is 2. The number of likely N-dealkylation sites (tertiary alicyclic amines) is 1. The summed E-state index contributed by atoms with van der Waals surface area (Å²) in [6.45, 7) is 11.0. The fourth-order valence-corrected chi connectivity index (χ4v) is 4.15. The summed E-state index contributed by atoms with van der Waals surface area (Å²) in [7, 11) is 0. The standard InChI is InChI=1S/C27H31FN2O4/c1-4-17-34-22-10-7-9-20(18-22)24-23(25(31)19-11-13-21(28)14-12-19)26(32)27(33)30(24)16-8-15-29(5-2)6-3/h4,7,9-14,18,24,31H,1,5-6,8,15-17H2,2-3H3/t24-/m0/s1. The van der Waals surface area contributed by atoms with Crippen LogP contribution in [0.25, 0.3) is 5.76 Å². The molecule has 1 fully saturated rings. The van der Waals surface area contributed by atoms with Gasteiger partial charge in [-0.1, -0.05) is 38.6 Å². The second-order valence-corrected chi connectivity index (χ2v) is 8.05. The van der Waals surface area contributed by atoms with Gasteiger partial charge in [0.1, 0.15) is 23.9 Å². The smallest absolute Gasteiger partial charge is 0.295 e. The van der Waals surface area contributed by atoms with E-state index in [2.05, 4.69) is 25.3 Å². The Bertz CT molecular complexity index is 1060. The van der Waals surface area contributed by atoms with Gasteiger partial charge >= 0.3 is 0 Å². The van der Waals surface area contributed by atoms with Crippen molar-refractivity contribution < 1.29 is 23.8 Å². The number of halogens is 1. The Labute approximate surface area is 199 Å². The topological polar surface area (TPSA) is 70.1 Å². The number of aliphatic hydroxyl groups is 1. The molecule has 0 spiro atoms. The monoisotopic (exact) mass is 466 g/mol. The maximum absolute atomic E-state index is 13.4. The van der Waals surface area contributed by atoms with Crippen LogP contribution in [0.2, 0.25) is 0 Å². The summed E-state index contributed by atoms with van der Waals surface area (Å²) in [5, 5.41) is 11.1. The van der Waals surface area contributed by atoms with Crippen LogP contribution < -0.4 is 4.74 Å². The molecule has 3 rings (SSSR count). The van der Waals surface area contributed by atoms with E-state index >= 15 is 0 Å². The minimum atomic E-state index is -0.783. The lowest BCUT2D eigenvalue weighted by Crippen LogP contribution is -2.33. The summed E-state index contributed by atoms with van der Waals surface area (Å²) in [6, 6.07) is 11.5. The third kappa shape index (κ3) is 5.54. The number of benzene rings is 2. The number of carbonyl (C=O) groups is 2. The van der Waals surface area contributed by atoms with Crippen LogP contribution >= 0.6 is 0 Å². The normalized spacial score (nSPS) is 17.4. The molecule has 0 aliphatic carbocycles. The fraction of sp³-hybridized carbons (Fsp3) is 0.333. The van der Waals surface area contributed by atoms with E-state index in [0.717, 1.165) is 19.6 Å². The first-order valence-electron chi connectivity index (χ1n) is 11.5. The lowest BCUT2D eigenvalue weighted by Gasteiger charge is -2.27. The number of hydrogen-bond acceptors (Lipinski definition) is 5. The zero-order chi connectivity index (χ0) is 24.7. The van der Waals surface area contributed by atoms with E-state index in [9.17, 15) is 19.1 Å². The second-order valence-electron chi connectivity index (χ2n) is 8.05. The molecular weight excluding hydrogens is 435 g/mol. The Morgan fingerprint density at radius 2 is 1.88 bits per heavy atom. The van der Waals surface area contributed by atoms with Crippen LogP contribution in [0.4, 0.5) is 4.39 Å². The number of rotatable bonds is 11. The van der Waals surface area contributed by atoms with Gasteiger partial charge in [-0.15, -0.1) is 0 Å². The van der Waals surface area contributed by atoms with E-state index in [-0.39, 0.29) is 16.9 Å². The Morgan fingerprint density at radius 1 is 1.18 bits per heavy atom. The maximum atomic E-state index is 13.4. The molecule has 1 amide bonds. The highest BCUT2D eigenvalue weighted by Gasteiger charge is 2.45. The predicted octanol–water partition coefficient (Wildman–Crippen LogP) is 4.54. The molecule has 34 heavy (non-hydrogen) atoms. The van der Waals surface area contributed by atoms with Gasteiger partial charge in [0.2, 0.25) is 0 Å². The van der Waals surface area contributed by atoms with E-state index < -0.39 is 23.5 Å². The molecule has 1 heterocycles. The van der Waals surface area contributed by atoms with Crippen molar-refractivity contribution in [2.75, 3.05) is 32.8 Å². The van der Waals surface area contributed by atoms with Gasteiger partial charge in [-0.3, -0.25) is 9.59 Å². The highest BCUT2D eigenvalue weighted by atomic mass is 19.1. The van der Waals surface area contributed by atoms with Crippen LogP contribution in [-0.2, 0) is 9.59 Å². The lowest BCUT2D eigenvalue weighted by molar-refractivity contribution is -0.140. The molecule has 1 aliphatic rings. The molecule has 7 heteroatoms. The van der Waals surface area contributed by atoms with Crippen molar-refractivity contribution in [3.05, 3.63) is 83.7 Å². The van der Waals surface area contributed by atoms with Crippen LogP contribution in [0.1, 0.15) is 37.4 Å². The molecule has 180 valence electrons. The average molecular weight is 467 g/mol. The van der Waals surface area contributed by atoms with Gasteiger partial charge < -0.3 is 19.6 Å². The third-order valence-electron chi connectivity index (χ3n) is 5.97. The number of carbonyl (C=O) groups excluding carboxylic acids is 2. The van der Waals surface area contributed by atoms with E-state index in [1.165, 1.54) is 29.2 Å². The Kier molecular flexibility index (Phi) is 8.60. The summed E-state index contributed by atoms with van der Waals surface area (Å²) in [5.41, 5.74) is 0.902.